The number of carbonyl (C=O) groups excluding carboxylic acids is 1. The summed E-state index contributed by atoms with van der Waals surface area (Å²) < 4.78 is 5.22. The number of aliphatic hydroxyl groups is 2. The van der Waals surface area contributed by atoms with Crippen LogP contribution in [-0.4, -0.2) is 72.1 Å². The van der Waals surface area contributed by atoms with Crippen LogP contribution >= 0.6 is 0 Å². The number of nitrogens with one attached hydrogen (secondary N) is 1. The summed E-state index contributed by atoms with van der Waals surface area (Å²) >= 11 is 0. The number of carbonyl (C=O) groups is 1. The third kappa shape index (κ3) is 3.64. The molecule has 0 spiro atoms. The molecule has 3 N–H and O–H groups in total. The maximum atomic E-state index is 11.7. The Morgan fingerprint density at radius 2 is 1.82 bits per heavy atom. The van der Waals surface area contributed by atoms with Crippen LogP contribution in [0, 0.1) is 0 Å². The quantitative estimate of drug-likeness (QED) is 0.552. The smallest absolute Gasteiger partial charge is 0.234 e. The van der Waals surface area contributed by atoms with Gasteiger partial charge in [-0.2, -0.15) is 0 Å². The molecule has 2 aliphatic heterocycles. The Morgan fingerprint density at radius 1 is 1.24 bits per heavy atom. The standard InChI is InChI=1S/C11H20N2O4/c14-9-5-13(6-10(9)15)7-11(16)12-8-1-3-17-4-2-8/h8-10,14-15H,1-7H2,(H,12,16). The van der Waals surface area contributed by atoms with E-state index < -0.39 is 12.2 Å². The molecule has 0 bridgehead atoms. The summed E-state index contributed by atoms with van der Waals surface area (Å²) in [5, 5.41) is 21.7. The van der Waals surface area contributed by atoms with Gasteiger partial charge in [-0.25, -0.2) is 0 Å². The average Bonchev–Trinajstić information content (AvgIpc) is 2.59. The van der Waals surface area contributed by atoms with E-state index in [0.717, 1.165) is 12.8 Å². The number of amides is 1. The molecule has 2 saturated heterocycles. The van der Waals surface area contributed by atoms with E-state index in [2.05, 4.69) is 5.32 Å². The van der Waals surface area contributed by atoms with Crippen molar-refractivity contribution in [2.75, 3.05) is 32.8 Å². The number of likely N-dealkylation sites (tertiary alicyclic amines) is 1. The maximum absolute atomic E-state index is 11.7. The van der Waals surface area contributed by atoms with Crippen LogP contribution in [0.3, 0.4) is 0 Å². The van der Waals surface area contributed by atoms with Crippen LogP contribution in [0.2, 0.25) is 0 Å². The second-order valence-corrected chi connectivity index (χ2v) is 4.78. The molecule has 0 radical (unpaired) electrons. The molecule has 98 valence electrons. The maximum Gasteiger partial charge on any atom is 0.234 e. The van der Waals surface area contributed by atoms with Crippen LogP contribution in [0.1, 0.15) is 12.8 Å². The minimum absolute atomic E-state index is 0.0433. The Morgan fingerprint density at radius 3 is 2.41 bits per heavy atom. The predicted octanol–water partition coefficient (Wildman–Crippen LogP) is -1.68. The topological polar surface area (TPSA) is 82.0 Å². The molecule has 2 rings (SSSR count). The number of rotatable bonds is 3. The number of aliphatic hydroxyl groups excluding tert-OH is 2. The molecule has 2 unspecified atom stereocenters. The SMILES string of the molecule is O=C(CN1CC(O)C(O)C1)NC1CCOCC1. The van der Waals surface area contributed by atoms with Crippen molar-refractivity contribution >= 4 is 5.91 Å². The van der Waals surface area contributed by atoms with Gasteiger partial charge in [0.05, 0.1) is 18.8 Å². The van der Waals surface area contributed by atoms with Crippen LogP contribution in [-0.2, 0) is 9.53 Å². The fourth-order valence-corrected chi connectivity index (χ4v) is 2.29. The van der Waals surface area contributed by atoms with Gasteiger partial charge in [0.2, 0.25) is 5.91 Å². The molecule has 2 heterocycles. The molecule has 2 aliphatic rings. The van der Waals surface area contributed by atoms with Crippen molar-refractivity contribution in [2.45, 2.75) is 31.1 Å². The van der Waals surface area contributed by atoms with Gasteiger partial charge < -0.3 is 20.3 Å². The summed E-state index contributed by atoms with van der Waals surface area (Å²) in [4.78, 5) is 13.5. The van der Waals surface area contributed by atoms with Gasteiger partial charge >= 0.3 is 0 Å². The van der Waals surface area contributed by atoms with E-state index in [4.69, 9.17) is 4.74 Å². The number of hydrogen-bond acceptors (Lipinski definition) is 5. The minimum atomic E-state index is -0.731. The highest BCUT2D eigenvalue weighted by atomic mass is 16.5. The molecule has 6 heteroatoms. The summed E-state index contributed by atoms with van der Waals surface area (Å²) in [6.45, 7) is 2.37. The van der Waals surface area contributed by atoms with Crippen LogP contribution in [0.5, 0.6) is 0 Å². The van der Waals surface area contributed by atoms with Crippen LogP contribution < -0.4 is 5.32 Å². The second-order valence-electron chi connectivity index (χ2n) is 4.78. The van der Waals surface area contributed by atoms with Crippen LogP contribution in [0.4, 0.5) is 0 Å². The Hall–Kier alpha value is -0.690. The first-order valence-electron chi connectivity index (χ1n) is 6.11. The van der Waals surface area contributed by atoms with Crippen molar-refractivity contribution in [1.82, 2.24) is 10.2 Å². The Balaban J connectivity index is 1.70. The second kappa shape index (κ2) is 5.77. The normalized spacial score (nSPS) is 31.6. The van der Waals surface area contributed by atoms with E-state index in [-0.39, 0.29) is 18.5 Å². The lowest BCUT2D eigenvalue weighted by molar-refractivity contribution is -0.123. The van der Waals surface area contributed by atoms with Crippen molar-refractivity contribution in [2.24, 2.45) is 0 Å². The lowest BCUT2D eigenvalue weighted by Gasteiger charge is -2.24. The lowest BCUT2D eigenvalue weighted by atomic mass is 10.1. The molecule has 2 fully saturated rings. The summed E-state index contributed by atoms with van der Waals surface area (Å²) in [6, 6.07) is 0.202. The monoisotopic (exact) mass is 244 g/mol. The molecular formula is C11H20N2O4. The first kappa shape index (κ1) is 12.8. The Labute approximate surface area is 101 Å². The van der Waals surface area contributed by atoms with Gasteiger partial charge in [0.25, 0.3) is 0 Å². The molecule has 0 saturated carbocycles. The molecule has 0 aromatic heterocycles. The van der Waals surface area contributed by atoms with Crippen LogP contribution in [0.15, 0.2) is 0 Å². The van der Waals surface area contributed by atoms with Gasteiger partial charge in [-0.15, -0.1) is 0 Å². The van der Waals surface area contributed by atoms with E-state index >= 15 is 0 Å². The van der Waals surface area contributed by atoms with Gasteiger partial charge in [0.15, 0.2) is 0 Å². The van der Waals surface area contributed by atoms with E-state index in [1.165, 1.54) is 0 Å². The highest BCUT2D eigenvalue weighted by Crippen LogP contribution is 2.10. The Bertz CT molecular complexity index is 258. The third-order valence-electron chi connectivity index (χ3n) is 3.29. The summed E-state index contributed by atoms with van der Waals surface area (Å²) in [5.74, 6) is -0.0433. The van der Waals surface area contributed by atoms with Gasteiger partial charge in [0.1, 0.15) is 0 Å². The molecule has 17 heavy (non-hydrogen) atoms. The van der Waals surface area contributed by atoms with Crippen molar-refractivity contribution < 1.29 is 19.7 Å². The summed E-state index contributed by atoms with van der Waals surface area (Å²) in [5.41, 5.74) is 0. The fraction of sp³-hybridized carbons (Fsp3) is 0.909. The molecule has 1 amide bonds. The highest BCUT2D eigenvalue weighted by Gasteiger charge is 2.30. The van der Waals surface area contributed by atoms with Crippen molar-refractivity contribution in [3.63, 3.8) is 0 Å². The molecule has 6 nitrogen and oxygen atoms in total. The zero-order valence-corrected chi connectivity index (χ0v) is 9.84. The summed E-state index contributed by atoms with van der Waals surface area (Å²) in [6.07, 6.45) is 0.255. The largest absolute Gasteiger partial charge is 0.389 e. The number of β-amino-alcohol motifs (C(OH)–C–C–N with tert-alkyl or cyclic N) is 2. The molecule has 0 aliphatic carbocycles. The molecule has 2 atom stereocenters. The lowest BCUT2D eigenvalue weighted by Crippen LogP contribution is -2.44. The average molecular weight is 244 g/mol. The van der Waals surface area contributed by atoms with Gasteiger partial charge in [0, 0.05) is 32.3 Å². The number of ether oxygens (including phenoxy) is 1. The Kier molecular flexibility index (Phi) is 4.33. The van der Waals surface area contributed by atoms with E-state index in [1.807, 2.05) is 0 Å². The number of nitrogens with zero attached hydrogens (tertiary/aromatic N) is 1. The number of hydrogen-bond donors (Lipinski definition) is 3. The third-order valence-corrected chi connectivity index (χ3v) is 3.29. The van der Waals surface area contributed by atoms with Gasteiger partial charge in [-0.05, 0) is 12.8 Å². The minimum Gasteiger partial charge on any atom is -0.389 e. The van der Waals surface area contributed by atoms with Crippen molar-refractivity contribution in [3.8, 4) is 0 Å². The van der Waals surface area contributed by atoms with Crippen molar-refractivity contribution in [3.05, 3.63) is 0 Å². The fourth-order valence-electron chi connectivity index (χ4n) is 2.29. The zero-order valence-electron chi connectivity index (χ0n) is 9.84. The van der Waals surface area contributed by atoms with E-state index in [9.17, 15) is 15.0 Å². The molecule has 0 aromatic rings. The van der Waals surface area contributed by atoms with Gasteiger partial charge in [-0.3, -0.25) is 9.69 Å². The molecular weight excluding hydrogens is 224 g/mol. The van der Waals surface area contributed by atoms with Gasteiger partial charge in [-0.1, -0.05) is 0 Å². The first-order valence-corrected chi connectivity index (χ1v) is 6.11. The van der Waals surface area contributed by atoms with E-state index in [1.54, 1.807) is 4.90 Å². The first-order chi connectivity index (χ1) is 8.15. The predicted molar refractivity (Wildman–Crippen MR) is 60.4 cm³/mol. The van der Waals surface area contributed by atoms with E-state index in [0.29, 0.717) is 26.3 Å². The molecule has 0 aromatic carbocycles. The van der Waals surface area contributed by atoms with Crippen molar-refractivity contribution in [1.29, 1.82) is 0 Å². The highest BCUT2D eigenvalue weighted by molar-refractivity contribution is 5.78. The zero-order chi connectivity index (χ0) is 12.3. The van der Waals surface area contributed by atoms with Crippen LogP contribution in [0.25, 0.3) is 0 Å². The summed E-state index contributed by atoms with van der Waals surface area (Å²) in [7, 11) is 0.